The van der Waals surface area contributed by atoms with Crippen LogP contribution in [-0.4, -0.2) is 87.6 Å². The van der Waals surface area contributed by atoms with Crippen molar-refractivity contribution in [2.24, 2.45) is 0 Å². The fourth-order valence-corrected chi connectivity index (χ4v) is 4.34. The Labute approximate surface area is 233 Å². The highest BCUT2D eigenvalue weighted by Crippen LogP contribution is 2.15. The Balaban J connectivity index is 1.80. The van der Waals surface area contributed by atoms with Crippen molar-refractivity contribution in [3.05, 3.63) is 29.8 Å². The third-order valence-electron chi connectivity index (χ3n) is 5.74. The Kier molecular flexibility index (Phi) is 23.0. The maximum atomic E-state index is 5.77. The molecule has 0 fully saturated rings. The summed E-state index contributed by atoms with van der Waals surface area (Å²) in [6.45, 7) is 15.6. The average Bonchev–Trinajstić information content (AvgIpc) is 2.89. The van der Waals surface area contributed by atoms with Crippen molar-refractivity contribution in [1.29, 1.82) is 0 Å². The van der Waals surface area contributed by atoms with Gasteiger partial charge in [-0.25, -0.2) is 0 Å². The van der Waals surface area contributed by atoms with E-state index in [1.165, 1.54) is 50.5 Å². The van der Waals surface area contributed by atoms with Crippen LogP contribution in [0.5, 0.6) is 5.75 Å². The normalized spacial score (nSPS) is 11.8. The SMILES string of the molecule is CCCCCCCCCc1ccc(OCCOCCOCCOCCOCCOCCO[Si](C)(C)C)cc1. The van der Waals surface area contributed by atoms with E-state index in [1.54, 1.807) is 0 Å². The molecule has 0 aliphatic rings. The van der Waals surface area contributed by atoms with Crippen LogP contribution in [-0.2, 0) is 34.5 Å². The minimum absolute atomic E-state index is 0.539. The van der Waals surface area contributed by atoms with Gasteiger partial charge in [-0.15, -0.1) is 0 Å². The van der Waals surface area contributed by atoms with E-state index in [-0.39, 0.29) is 0 Å². The van der Waals surface area contributed by atoms with Gasteiger partial charge in [0.25, 0.3) is 0 Å². The van der Waals surface area contributed by atoms with Crippen molar-refractivity contribution in [2.45, 2.75) is 77.9 Å². The van der Waals surface area contributed by atoms with Gasteiger partial charge in [0.1, 0.15) is 12.4 Å². The smallest absolute Gasteiger partial charge is 0.183 e. The molecule has 0 bridgehead atoms. The van der Waals surface area contributed by atoms with Crippen molar-refractivity contribution in [1.82, 2.24) is 0 Å². The molecule has 0 aliphatic heterocycles. The summed E-state index contributed by atoms with van der Waals surface area (Å²) in [6, 6.07) is 8.47. The fraction of sp³-hybridized carbons (Fsp3) is 0.800. The highest BCUT2D eigenvalue weighted by atomic mass is 28.4. The summed E-state index contributed by atoms with van der Waals surface area (Å²) >= 11 is 0. The molecule has 0 spiro atoms. The lowest BCUT2D eigenvalue weighted by Crippen LogP contribution is -2.27. The standard InChI is InChI=1S/C30H56O7Si/c1-5-6-7-8-9-10-11-12-29-13-15-30(16-14-29)36-27-25-34-23-21-32-19-17-31-18-20-33-22-24-35-26-28-37-38(2,3)4/h13-16H,5-12,17-28H2,1-4H3. The van der Waals surface area contributed by atoms with Crippen LogP contribution in [0.25, 0.3) is 0 Å². The molecular weight excluding hydrogens is 500 g/mol. The lowest BCUT2D eigenvalue weighted by molar-refractivity contribution is -0.0143. The summed E-state index contributed by atoms with van der Waals surface area (Å²) in [7, 11) is -1.44. The number of aryl methyl sites for hydroxylation is 1. The summed E-state index contributed by atoms with van der Waals surface area (Å²) in [6.07, 6.45) is 10.6. The van der Waals surface area contributed by atoms with Crippen LogP contribution in [0.2, 0.25) is 19.6 Å². The number of unbranched alkanes of at least 4 members (excludes halogenated alkanes) is 6. The predicted octanol–water partition coefficient (Wildman–Crippen LogP) is 6.29. The van der Waals surface area contributed by atoms with E-state index in [2.05, 4.69) is 50.8 Å². The fourth-order valence-electron chi connectivity index (χ4n) is 3.65. The predicted molar refractivity (Wildman–Crippen MR) is 157 cm³/mol. The number of rotatable bonds is 28. The zero-order valence-electron chi connectivity index (χ0n) is 24.8. The molecule has 1 aromatic rings. The van der Waals surface area contributed by atoms with Crippen molar-refractivity contribution in [3.63, 3.8) is 0 Å². The third kappa shape index (κ3) is 24.1. The first kappa shape index (κ1) is 35.0. The highest BCUT2D eigenvalue weighted by Gasteiger charge is 2.13. The summed E-state index contributed by atoms with van der Waals surface area (Å²) in [4.78, 5) is 0. The van der Waals surface area contributed by atoms with Gasteiger partial charge in [-0.2, -0.15) is 0 Å². The van der Waals surface area contributed by atoms with E-state index >= 15 is 0 Å². The van der Waals surface area contributed by atoms with Gasteiger partial charge in [-0.3, -0.25) is 0 Å². The lowest BCUT2D eigenvalue weighted by Gasteiger charge is -2.16. The summed E-state index contributed by atoms with van der Waals surface area (Å²) in [5.41, 5.74) is 1.39. The van der Waals surface area contributed by atoms with Gasteiger partial charge in [0, 0.05) is 0 Å². The van der Waals surface area contributed by atoms with Crippen LogP contribution in [0.3, 0.4) is 0 Å². The van der Waals surface area contributed by atoms with Crippen LogP contribution in [0, 0.1) is 0 Å². The molecule has 0 radical (unpaired) electrons. The van der Waals surface area contributed by atoms with Crippen LogP contribution < -0.4 is 4.74 Å². The Morgan fingerprint density at radius 3 is 1.39 bits per heavy atom. The number of hydrogen-bond acceptors (Lipinski definition) is 7. The molecule has 0 aromatic heterocycles. The molecule has 0 saturated carbocycles. The molecule has 8 heteroatoms. The Hall–Kier alpha value is -1.00. The first-order valence-corrected chi connectivity index (χ1v) is 18.2. The minimum Gasteiger partial charge on any atom is -0.491 e. The van der Waals surface area contributed by atoms with Gasteiger partial charge in [0.15, 0.2) is 8.32 Å². The van der Waals surface area contributed by atoms with E-state index in [1.807, 2.05) is 0 Å². The van der Waals surface area contributed by atoms with Crippen molar-refractivity contribution in [2.75, 3.05) is 79.3 Å². The highest BCUT2D eigenvalue weighted by molar-refractivity contribution is 6.69. The molecule has 0 heterocycles. The number of hydrogen-bond donors (Lipinski definition) is 0. The third-order valence-corrected chi connectivity index (χ3v) is 6.81. The summed E-state index contributed by atoms with van der Waals surface area (Å²) < 4.78 is 39.0. The van der Waals surface area contributed by atoms with Crippen LogP contribution in [0.1, 0.15) is 57.4 Å². The molecule has 7 nitrogen and oxygen atoms in total. The second-order valence-electron chi connectivity index (χ2n) is 10.4. The zero-order valence-corrected chi connectivity index (χ0v) is 25.8. The van der Waals surface area contributed by atoms with Gasteiger partial charge in [-0.1, -0.05) is 57.6 Å². The first-order valence-electron chi connectivity index (χ1n) is 14.8. The molecule has 0 saturated heterocycles. The monoisotopic (exact) mass is 556 g/mol. The second-order valence-corrected chi connectivity index (χ2v) is 14.9. The zero-order chi connectivity index (χ0) is 27.6. The van der Waals surface area contributed by atoms with E-state index in [9.17, 15) is 0 Å². The molecule has 1 rings (SSSR count). The molecule has 222 valence electrons. The maximum Gasteiger partial charge on any atom is 0.183 e. The topological polar surface area (TPSA) is 64.6 Å². The summed E-state index contributed by atoms with van der Waals surface area (Å²) in [5.74, 6) is 0.897. The molecule has 0 atom stereocenters. The van der Waals surface area contributed by atoms with Crippen molar-refractivity contribution >= 4 is 8.32 Å². The Bertz CT molecular complexity index is 622. The summed E-state index contributed by atoms with van der Waals surface area (Å²) in [5, 5.41) is 0. The molecule has 0 amide bonds. The minimum atomic E-state index is -1.44. The number of benzene rings is 1. The molecule has 0 unspecified atom stereocenters. The van der Waals surface area contributed by atoms with Gasteiger partial charge < -0.3 is 32.8 Å². The Morgan fingerprint density at radius 1 is 0.500 bits per heavy atom. The van der Waals surface area contributed by atoms with Gasteiger partial charge in [0.2, 0.25) is 0 Å². The van der Waals surface area contributed by atoms with E-state index in [0.29, 0.717) is 79.3 Å². The van der Waals surface area contributed by atoms with Gasteiger partial charge in [-0.05, 0) is 50.2 Å². The first-order chi connectivity index (χ1) is 18.5. The van der Waals surface area contributed by atoms with Gasteiger partial charge in [0.05, 0.1) is 72.7 Å². The number of ether oxygens (including phenoxy) is 6. The molecule has 38 heavy (non-hydrogen) atoms. The largest absolute Gasteiger partial charge is 0.491 e. The maximum absolute atomic E-state index is 5.77. The van der Waals surface area contributed by atoms with Crippen molar-refractivity contribution < 1.29 is 32.8 Å². The molecule has 0 aliphatic carbocycles. The van der Waals surface area contributed by atoms with Crippen LogP contribution >= 0.6 is 0 Å². The van der Waals surface area contributed by atoms with E-state index < -0.39 is 8.32 Å². The van der Waals surface area contributed by atoms with Crippen LogP contribution in [0.15, 0.2) is 24.3 Å². The Morgan fingerprint density at radius 2 is 0.921 bits per heavy atom. The van der Waals surface area contributed by atoms with E-state index in [4.69, 9.17) is 32.8 Å². The lowest BCUT2D eigenvalue weighted by atomic mass is 10.0. The van der Waals surface area contributed by atoms with Crippen molar-refractivity contribution in [3.8, 4) is 5.75 Å². The van der Waals surface area contributed by atoms with E-state index in [0.717, 1.165) is 12.2 Å². The molecular formula is C30H56O7Si. The second kappa shape index (κ2) is 25.0. The molecule has 1 aromatic carbocycles. The molecule has 0 N–H and O–H groups in total. The quantitative estimate of drug-likeness (QED) is 0.0887. The average molecular weight is 557 g/mol. The van der Waals surface area contributed by atoms with Gasteiger partial charge >= 0.3 is 0 Å². The van der Waals surface area contributed by atoms with Crippen LogP contribution in [0.4, 0.5) is 0 Å².